The molecule has 26 heavy (non-hydrogen) atoms. The number of thioether (sulfide) groups is 1. The molecule has 0 radical (unpaired) electrons. The first-order chi connectivity index (χ1) is 12.5. The number of hydrogen-bond donors (Lipinski definition) is 0. The van der Waals surface area contributed by atoms with Crippen LogP contribution in [0.3, 0.4) is 0 Å². The Hall–Kier alpha value is -2.26. The summed E-state index contributed by atoms with van der Waals surface area (Å²) in [6, 6.07) is 6.81. The molecule has 9 heteroatoms. The molecule has 1 aromatic carbocycles. The van der Waals surface area contributed by atoms with Crippen molar-refractivity contribution in [2.24, 2.45) is 0 Å². The molecule has 0 aliphatic heterocycles. The highest BCUT2D eigenvalue weighted by Gasteiger charge is 2.18. The fourth-order valence-electron chi connectivity index (χ4n) is 2.69. The van der Waals surface area contributed by atoms with Crippen LogP contribution in [0.5, 0.6) is 0 Å². The minimum Gasteiger partial charge on any atom is -0.383 e. The number of para-hydroxylation sites is 1. The molecular weight excluding hydrogens is 362 g/mol. The maximum atomic E-state index is 13.0. The van der Waals surface area contributed by atoms with Crippen LogP contribution in [0.1, 0.15) is 25.3 Å². The number of benzene rings is 1. The van der Waals surface area contributed by atoms with Crippen molar-refractivity contribution in [3.63, 3.8) is 0 Å². The van der Waals surface area contributed by atoms with Gasteiger partial charge in [-0.2, -0.15) is 8.78 Å². The van der Waals surface area contributed by atoms with E-state index in [1.807, 2.05) is 6.92 Å². The van der Waals surface area contributed by atoms with E-state index in [0.29, 0.717) is 22.7 Å². The lowest BCUT2D eigenvalue weighted by Gasteiger charge is -2.19. The Labute approximate surface area is 152 Å². The molecule has 0 fully saturated rings. The average molecular weight is 380 g/mol. The molecule has 0 saturated carbocycles. The fraction of sp³-hybridized carbons (Fsp3) is 0.353. The van der Waals surface area contributed by atoms with Gasteiger partial charge in [-0.05, 0) is 19.1 Å². The van der Waals surface area contributed by atoms with Crippen molar-refractivity contribution in [3.05, 3.63) is 52.8 Å². The van der Waals surface area contributed by atoms with Gasteiger partial charge in [0, 0.05) is 19.5 Å². The normalized spacial score (nSPS) is 12.8. The fourth-order valence-corrected chi connectivity index (χ4v) is 3.74. The van der Waals surface area contributed by atoms with E-state index < -0.39 is 6.55 Å². The van der Waals surface area contributed by atoms with Crippen LogP contribution in [0.2, 0.25) is 0 Å². The quantitative estimate of drug-likeness (QED) is 0.464. The number of nitrogens with zero attached hydrogens (tertiary/aromatic N) is 4. The molecule has 0 aliphatic carbocycles. The van der Waals surface area contributed by atoms with Gasteiger partial charge < -0.3 is 4.74 Å². The van der Waals surface area contributed by atoms with Crippen LogP contribution < -0.4 is 5.56 Å². The summed E-state index contributed by atoms with van der Waals surface area (Å²) in [5, 5.41) is 0.955. The number of rotatable bonds is 7. The standard InChI is InChI=1S/C17H18F2N4O2S/c1-11(9-25-2)23-15(24)12-5-3-4-6-13(12)21-17(23)26-10-14-20-7-8-22(14)16(18)19/h3-8,11,16H,9-10H2,1-2H3. The van der Waals surface area contributed by atoms with E-state index in [2.05, 4.69) is 9.97 Å². The Morgan fingerprint density at radius 2 is 2.08 bits per heavy atom. The van der Waals surface area contributed by atoms with E-state index in [4.69, 9.17) is 4.74 Å². The van der Waals surface area contributed by atoms with Gasteiger partial charge in [0.25, 0.3) is 5.56 Å². The first kappa shape index (κ1) is 18.5. The highest BCUT2D eigenvalue weighted by atomic mass is 32.2. The topological polar surface area (TPSA) is 61.9 Å². The van der Waals surface area contributed by atoms with Gasteiger partial charge in [-0.1, -0.05) is 23.9 Å². The third-order valence-electron chi connectivity index (χ3n) is 3.91. The van der Waals surface area contributed by atoms with E-state index in [0.717, 1.165) is 4.57 Å². The van der Waals surface area contributed by atoms with E-state index in [9.17, 15) is 13.6 Å². The molecule has 0 bridgehead atoms. The van der Waals surface area contributed by atoms with Crippen LogP contribution >= 0.6 is 11.8 Å². The number of fused-ring (bicyclic) bond motifs is 1. The van der Waals surface area contributed by atoms with E-state index >= 15 is 0 Å². The summed E-state index contributed by atoms with van der Waals surface area (Å²) < 4.78 is 33.5. The molecule has 3 aromatic rings. The van der Waals surface area contributed by atoms with Crippen molar-refractivity contribution in [3.8, 4) is 0 Å². The minimum atomic E-state index is -2.66. The van der Waals surface area contributed by atoms with E-state index in [-0.39, 0.29) is 23.2 Å². The lowest BCUT2D eigenvalue weighted by molar-refractivity contribution is 0.0678. The number of alkyl halides is 2. The van der Waals surface area contributed by atoms with Gasteiger partial charge in [0.2, 0.25) is 0 Å². The van der Waals surface area contributed by atoms with Gasteiger partial charge in [-0.3, -0.25) is 13.9 Å². The summed E-state index contributed by atoms with van der Waals surface area (Å²) in [7, 11) is 1.56. The van der Waals surface area contributed by atoms with Gasteiger partial charge >= 0.3 is 6.55 Å². The van der Waals surface area contributed by atoms with Crippen LogP contribution in [-0.4, -0.2) is 32.8 Å². The highest BCUT2D eigenvalue weighted by Crippen LogP contribution is 2.25. The number of hydrogen-bond acceptors (Lipinski definition) is 5. The van der Waals surface area contributed by atoms with Gasteiger partial charge in [-0.15, -0.1) is 0 Å². The van der Waals surface area contributed by atoms with Gasteiger partial charge in [0.1, 0.15) is 5.82 Å². The molecule has 6 nitrogen and oxygen atoms in total. The monoisotopic (exact) mass is 380 g/mol. The molecule has 0 spiro atoms. The number of aromatic nitrogens is 4. The van der Waals surface area contributed by atoms with Gasteiger partial charge in [0.15, 0.2) is 5.16 Å². The smallest absolute Gasteiger partial charge is 0.319 e. The van der Waals surface area contributed by atoms with Crippen molar-refractivity contribution < 1.29 is 13.5 Å². The molecule has 2 heterocycles. The minimum absolute atomic E-state index is 0.168. The Balaban J connectivity index is 2.01. The van der Waals surface area contributed by atoms with E-state index in [1.165, 1.54) is 24.2 Å². The summed E-state index contributed by atoms with van der Waals surface area (Å²) in [5.74, 6) is 0.389. The van der Waals surface area contributed by atoms with Crippen LogP contribution in [0.25, 0.3) is 10.9 Å². The zero-order valence-corrected chi connectivity index (χ0v) is 15.1. The maximum absolute atomic E-state index is 13.0. The Morgan fingerprint density at radius 3 is 2.81 bits per heavy atom. The zero-order valence-electron chi connectivity index (χ0n) is 14.3. The molecule has 0 N–H and O–H groups in total. The molecule has 0 amide bonds. The third kappa shape index (κ3) is 3.63. The zero-order chi connectivity index (χ0) is 18.7. The summed E-state index contributed by atoms with van der Waals surface area (Å²) in [4.78, 5) is 21.4. The van der Waals surface area contributed by atoms with Crippen LogP contribution in [0.4, 0.5) is 8.78 Å². The Morgan fingerprint density at radius 1 is 1.31 bits per heavy atom. The molecule has 3 rings (SSSR count). The number of imidazole rings is 1. The second-order valence-corrected chi connectivity index (χ2v) is 6.65. The van der Waals surface area contributed by atoms with Gasteiger partial charge in [-0.25, -0.2) is 9.97 Å². The molecular formula is C17H18F2N4O2S. The molecule has 0 saturated heterocycles. The first-order valence-corrected chi connectivity index (χ1v) is 8.94. The van der Waals surface area contributed by atoms with E-state index in [1.54, 1.807) is 35.9 Å². The van der Waals surface area contributed by atoms with Crippen molar-refractivity contribution >= 4 is 22.7 Å². The molecule has 138 valence electrons. The predicted octanol–water partition coefficient (Wildman–Crippen LogP) is 3.49. The van der Waals surface area contributed by atoms with Gasteiger partial charge in [0.05, 0.1) is 29.3 Å². The second kappa shape index (κ2) is 7.96. The second-order valence-electron chi connectivity index (χ2n) is 5.71. The predicted molar refractivity (Wildman–Crippen MR) is 95.6 cm³/mol. The van der Waals surface area contributed by atoms with Crippen LogP contribution in [0, 0.1) is 0 Å². The summed E-state index contributed by atoms with van der Waals surface area (Å²) in [6.07, 6.45) is 2.56. The highest BCUT2D eigenvalue weighted by molar-refractivity contribution is 7.98. The summed E-state index contributed by atoms with van der Waals surface area (Å²) in [6.45, 7) is -0.475. The third-order valence-corrected chi connectivity index (χ3v) is 4.86. The lowest BCUT2D eigenvalue weighted by atomic mass is 10.2. The first-order valence-electron chi connectivity index (χ1n) is 7.95. The Kier molecular flexibility index (Phi) is 5.67. The van der Waals surface area contributed by atoms with Crippen molar-refractivity contribution in [1.29, 1.82) is 0 Å². The number of methoxy groups -OCH3 is 1. The summed E-state index contributed by atoms with van der Waals surface area (Å²) in [5.41, 5.74) is 0.387. The van der Waals surface area contributed by atoms with Crippen LogP contribution in [0.15, 0.2) is 46.6 Å². The van der Waals surface area contributed by atoms with Crippen molar-refractivity contribution in [1.82, 2.24) is 19.1 Å². The molecule has 0 aliphatic rings. The lowest BCUT2D eigenvalue weighted by Crippen LogP contribution is -2.28. The average Bonchev–Trinajstić information content (AvgIpc) is 3.09. The van der Waals surface area contributed by atoms with Crippen molar-refractivity contribution in [2.75, 3.05) is 13.7 Å². The largest absolute Gasteiger partial charge is 0.383 e. The van der Waals surface area contributed by atoms with Crippen LogP contribution in [-0.2, 0) is 10.5 Å². The molecule has 2 aromatic heterocycles. The van der Waals surface area contributed by atoms with Crippen molar-refractivity contribution in [2.45, 2.75) is 30.4 Å². The summed E-state index contributed by atoms with van der Waals surface area (Å²) >= 11 is 1.20. The SMILES string of the molecule is COCC(C)n1c(SCc2nccn2C(F)F)nc2ccccc2c1=O. The molecule has 1 unspecified atom stereocenters. The number of halogens is 2. The Bertz CT molecular complexity index is 957. The number of ether oxygens (including phenoxy) is 1. The molecule has 1 atom stereocenters. The maximum Gasteiger partial charge on any atom is 0.319 e.